The number of hydrogen-bond donors (Lipinski definition) is 2. The molecule has 0 heterocycles. The lowest BCUT2D eigenvalue weighted by Gasteiger charge is -2.03. The summed E-state index contributed by atoms with van der Waals surface area (Å²) < 4.78 is 0. The van der Waals surface area contributed by atoms with E-state index in [1.807, 2.05) is 42.5 Å². The van der Waals surface area contributed by atoms with Crippen LogP contribution in [0.5, 0.6) is 5.75 Å². The number of hydrogen-bond acceptors (Lipinski definition) is 3. The van der Waals surface area contributed by atoms with Crippen LogP contribution in [0.4, 0.5) is 0 Å². The Morgan fingerprint density at radius 2 is 1.58 bits per heavy atom. The van der Waals surface area contributed by atoms with Gasteiger partial charge in [-0.25, -0.2) is 5.43 Å². The van der Waals surface area contributed by atoms with E-state index < -0.39 is 0 Å². The number of rotatable bonds is 4. The molecule has 24 heavy (non-hydrogen) atoms. The predicted molar refractivity (Wildman–Crippen MR) is 95.0 cm³/mol. The fraction of sp³-hybridized carbons (Fsp3) is 0. The number of nitrogens with one attached hydrogen (secondary N) is 1. The second kappa shape index (κ2) is 7.24. The van der Waals surface area contributed by atoms with Gasteiger partial charge in [0.2, 0.25) is 0 Å². The normalized spacial score (nSPS) is 10.7. The second-order valence-electron chi connectivity index (χ2n) is 5.24. The molecule has 2 N–H and O–H groups in total. The molecular weight excluding hydrogens is 300 g/mol. The van der Waals surface area contributed by atoms with Gasteiger partial charge < -0.3 is 5.11 Å². The van der Waals surface area contributed by atoms with Crippen molar-refractivity contribution in [3.05, 3.63) is 90.0 Å². The molecule has 1 amide bonds. The van der Waals surface area contributed by atoms with Crippen molar-refractivity contribution in [1.82, 2.24) is 5.43 Å². The van der Waals surface area contributed by atoms with Gasteiger partial charge in [-0.15, -0.1) is 0 Å². The number of benzene rings is 3. The molecule has 0 aromatic heterocycles. The number of carbonyl (C=O) groups excluding carboxylic acids is 1. The third kappa shape index (κ3) is 3.87. The van der Waals surface area contributed by atoms with Crippen molar-refractivity contribution in [2.75, 3.05) is 0 Å². The summed E-state index contributed by atoms with van der Waals surface area (Å²) in [5.41, 5.74) is 5.86. The summed E-state index contributed by atoms with van der Waals surface area (Å²) in [6, 6.07) is 23.9. The lowest BCUT2D eigenvalue weighted by atomic mass is 10.0. The molecule has 0 fully saturated rings. The molecule has 3 rings (SSSR count). The molecule has 0 saturated heterocycles. The Hall–Kier alpha value is -3.40. The van der Waals surface area contributed by atoms with Gasteiger partial charge in [-0.2, -0.15) is 5.10 Å². The summed E-state index contributed by atoms with van der Waals surface area (Å²) in [4.78, 5) is 12.1. The molecule has 0 bridgehead atoms. The van der Waals surface area contributed by atoms with Gasteiger partial charge in [-0.1, -0.05) is 54.6 Å². The molecule has 0 atom stereocenters. The molecule has 0 aliphatic carbocycles. The van der Waals surface area contributed by atoms with E-state index in [1.54, 1.807) is 36.4 Å². The van der Waals surface area contributed by atoms with Crippen LogP contribution in [-0.4, -0.2) is 17.2 Å². The van der Waals surface area contributed by atoms with Crippen molar-refractivity contribution >= 4 is 12.1 Å². The molecule has 0 aliphatic heterocycles. The first-order valence-corrected chi connectivity index (χ1v) is 7.50. The van der Waals surface area contributed by atoms with Gasteiger partial charge in [0, 0.05) is 5.56 Å². The molecule has 0 radical (unpaired) electrons. The number of aromatic hydroxyl groups is 1. The Balaban J connectivity index is 1.65. The summed E-state index contributed by atoms with van der Waals surface area (Å²) in [6.07, 6.45) is 1.48. The van der Waals surface area contributed by atoms with E-state index in [1.165, 1.54) is 6.21 Å². The van der Waals surface area contributed by atoms with E-state index in [4.69, 9.17) is 0 Å². The highest BCUT2D eigenvalue weighted by atomic mass is 16.3. The fourth-order valence-corrected chi connectivity index (χ4v) is 2.28. The Morgan fingerprint density at radius 1 is 0.875 bits per heavy atom. The lowest BCUT2D eigenvalue weighted by Crippen LogP contribution is -2.17. The summed E-state index contributed by atoms with van der Waals surface area (Å²) in [5.74, 6) is -0.132. The van der Waals surface area contributed by atoms with Crippen molar-refractivity contribution in [1.29, 1.82) is 0 Å². The van der Waals surface area contributed by atoms with Gasteiger partial charge in [0.1, 0.15) is 5.75 Å². The second-order valence-corrected chi connectivity index (χ2v) is 5.24. The molecule has 0 aliphatic rings. The number of amides is 1. The number of phenols is 1. The quantitative estimate of drug-likeness (QED) is 0.568. The standard InChI is InChI=1S/C20H16N2O2/c23-19-8-4-5-15(13-19)14-21-22-20(24)18-11-9-17(10-12-18)16-6-2-1-3-7-16/h1-14,23H,(H,22,24)/b21-14+. The van der Waals surface area contributed by atoms with Gasteiger partial charge in [-0.3, -0.25) is 4.79 Å². The molecular formula is C20H16N2O2. The molecule has 118 valence electrons. The average Bonchev–Trinajstić information content (AvgIpc) is 2.63. The number of nitrogens with zero attached hydrogens (tertiary/aromatic N) is 1. The molecule has 3 aromatic rings. The van der Waals surface area contributed by atoms with Crippen LogP contribution in [-0.2, 0) is 0 Å². The van der Waals surface area contributed by atoms with Crippen LogP contribution in [0.2, 0.25) is 0 Å². The predicted octanol–water partition coefficient (Wildman–Crippen LogP) is 3.82. The fourth-order valence-electron chi connectivity index (χ4n) is 2.28. The van der Waals surface area contributed by atoms with Crippen molar-refractivity contribution in [2.45, 2.75) is 0 Å². The minimum atomic E-state index is -0.286. The first kappa shape index (κ1) is 15.5. The zero-order valence-corrected chi connectivity index (χ0v) is 12.9. The minimum Gasteiger partial charge on any atom is -0.508 e. The highest BCUT2D eigenvalue weighted by Crippen LogP contribution is 2.19. The van der Waals surface area contributed by atoms with Crippen LogP contribution < -0.4 is 5.43 Å². The topological polar surface area (TPSA) is 61.7 Å². The van der Waals surface area contributed by atoms with Crippen LogP contribution in [0, 0.1) is 0 Å². The highest BCUT2D eigenvalue weighted by Gasteiger charge is 2.04. The Labute approximate surface area is 140 Å². The van der Waals surface area contributed by atoms with Crippen molar-refractivity contribution in [3.63, 3.8) is 0 Å². The first-order valence-electron chi connectivity index (χ1n) is 7.50. The molecule has 0 unspecified atom stereocenters. The summed E-state index contributed by atoms with van der Waals surface area (Å²) >= 11 is 0. The monoisotopic (exact) mass is 316 g/mol. The van der Waals surface area contributed by atoms with Gasteiger partial charge in [-0.05, 0) is 41.0 Å². The van der Waals surface area contributed by atoms with Crippen LogP contribution in [0.15, 0.2) is 84.0 Å². The van der Waals surface area contributed by atoms with E-state index in [2.05, 4.69) is 10.5 Å². The Morgan fingerprint density at radius 3 is 2.29 bits per heavy atom. The highest BCUT2D eigenvalue weighted by molar-refractivity contribution is 5.95. The van der Waals surface area contributed by atoms with Crippen LogP contribution in [0.3, 0.4) is 0 Å². The zero-order valence-electron chi connectivity index (χ0n) is 12.9. The summed E-state index contributed by atoms with van der Waals surface area (Å²) in [7, 11) is 0. The third-order valence-electron chi connectivity index (χ3n) is 3.50. The first-order chi connectivity index (χ1) is 11.7. The van der Waals surface area contributed by atoms with Gasteiger partial charge >= 0.3 is 0 Å². The summed E-state index contributed by atoms with van der Waals surface area (Å²) in [5, 5.41) is 13.3. The summed E-state index contributed by atoms with van der Waals surface area (Å²) in [6.45, 7) is 0. The van der Waals surface area contributed by atoms with Gasteiger partial charge in [0.15, 0.2) is 0 Å². The van der Waals surface area contributed by atoms with Crippen molar-refractivity contribution in [2.24, 2.45) is 5.10 Å². The van der Waals surface area contributed by atoms with Gasteiger partial charge in [0.25, 0.3) is 5.91 Å². The smallest absolute Gasteiger partial charge is 0.271 e. The van der Waals surface area contributed by atoms with E-state index in [0.29, 0.717) is 11.1 Å². The maximum absolute atomic E-state index is 12.1. The lowest BCUT2D eigenvalue weighted by molar-refractivity contribution is 0.0955. The molecule has 3 aromatic carbocycles. The molecule has 4 heteroatoms. The number of phenolic OH excluding ortho intramolecular Hbond substituents is 1. The van der Waals surface area contributed by atoms with Crippen molar-refractivity contribution < 1.29 is 9.90 Å². The molecule has 4 nitrogen and oxygen atoms in total. The molecule has 0 spiro atoms. The Bertz CT molecular complexity index is 856. The minimum absolute atomic E-state index is 0.154. The van der Waals surface area contributed by atoms with E-state index in [9.17, 15) is 9.90 Å². The number of hydrazone groups is 1. The average molecular weight is 316 g/mol. The maximum atomic E-state index is 12.1. The van der Waals surface area contributed by atoms with E-state index in [-0.39, 0.29) is 11.7 Å². The SMILES string of the molecule is O=C(N/N=C/c1cccc(O)c1)c1ccc(-c2ccccc2)cc1. The van der Waals surface area contributed by atoms with E-state index in [0.717, 1.165) is 11.1 Å². The zero-order chi connectivity index (χ0) is 16.8. The van der Waals surface area contributed by atoms with Crippen LogP contribution in [0.25, 0.3) is 11.1 Å². The van der Waals surface area contributed by atoms with E-state index >= 15 is 0 Å². The third-order valence-corrected chi connectivity index (χ3v) is 3.50. The maximum Gasteiger partial charge on any atom is 0.271 e. The largest absolute Gasteiger partial charge is 0.508 e. The number of carbonyl (C=O) groups is 1. The Kier molecular flexibility index (Phi) is 4.68. The van der Waals surface area contributed by atoms with Crippen LogP contribution >= 0.6 is 0 Å². The molecule has 0 saturated carbocycles. The van der Waals surface area contributed by atoms with Crippen molar-refractivity contribution in [3.8, 4) is 16.9 Å². The van der Waals surface area contributed by atoms with Gasteiger partial charge in [0.05, 0.1) is 6.21 Å². The van der Waals surface area contributed by atoms with Crippen LogP contribution in [0.1, 0.15) is 15.9 Å².